The second-order valence-corrected chi connectivity index (χ2v) is 8.33. The van der Waals surface area contributed by atoms with Crippen LogP contribution in [0.5, 0.6) is 0 Å². The van der Waals surface area contributed by atoms with Crippen molar-refractivity contribution in [2.24, 2.45) is 0 Å². The summed E-state index contributed by atoms with van der Waals surface area (Å²) in [4.78, 5) is 26.4. The van der Waals surface area contributed by atoms with Crippen molar-refractivity contribution in [2.75, 3.05) is 30.5 Å². The van der Waals surface area contributed by atoms with Crippen LogP contribution in [0.2, 0.25) is 0 Å². The highest BCUT2D eigenvalue weighted by atomic mass is 32.1. The lowest BCUT2D eigenvalue weighted by Crippen LogP contribution is -2.48. The summed E-state index contributed by atoms with van der Waals surface area (Å²) >= 11 is 5.75. The highest BCUT2D eigenvalue weighted by Gasteiger charge is 2.36. The van der Waals surface area contributed by atoms with Crippen molar-refractivity contribution in [2.45, 2.75) is 33.7 Å². The Morgan fingerprint density at radius 3 is 2.42 bits per heavy atom. The number of anilines is 2. The average Bonchev–Trinajstić information content (AvgIpc) is 2.76. The standard InChI is InChI=1S/C25H29N3O4S/c1-15-6-7-16(2)21(14-15)28-17(3)22(24(30)32-13-12-31-5)23(27-25(28)33)19-8-10-20(11-9-19)26-18(4)29/h6-11,14,23H,12-13H2,1-5H3,(H,26,29)(H,27,33). The van der Waals surface area contributed by atoms with Gasteiger partial charge in [0, 0.05) is 25.4 Å². The Bertz CT molecular complexity index is 1100. The van der Waals surface area contributed by atoms with E-state index in [0.717, 1.165) is 22.4 Å². The molecule has 3 rings (SSSR count). The van der Waals surface area contributed by atoms with E-state index in [9.17, 15) is 9.59 Å². The first-order valence-corrected chi connectivity index (χ1v) is 11.1. The number of hydrogen-bond donors (Lipinski definition) is 2. The maximum Gasteiger partial charge on any atom is 0.338 e. The summed E-state index contributed by atoms with van der Waals surface area (Å²) in [6, 6.07) is 12.9. The molecule has 1 unspecified atom stereocenters. The molecule has 8 heteroatoms. The number of benzene rings is 2. The molecule has 1 amide bonds. The number of aryl methyl sites for hydroxylation is 2. The molecule has 0 spiro atoms. The number of nitrogens with zero attached hydrogens (tertiary/aromatic N) is 1. The summed E-state index contributed by atoms with van der Waals surface area (Å²) in [5, 5.41) is 6.56. The molecule has 0 fully saturated rings. The molecule has 7 nitrogen and oxygen atoms in total. The summed E-state index contributed by atoms with van der Waals surface area (Å²) < 4.78 is 10.5. The van der Waals surface area contributed by atoms with E-state index in [1.807, 2.05) is 56.0 Å². The van der Waals surface area contributed by atoms with Gasteiger partial charge in [0.2, 0.25) is 5.91 Å². The Morgan fingerprint density at radius 2 is 1.79 bits per heavy atom. The van der Waals surface area contributed by atoms with E-state index in [1.54, 1.807) is 19.2 Å². The lowest BCUT2D eigenvalue weighted by atomic mass is 9.94. The SMILES string of the molecule is COCCOC(=O)C1=C(C)N(c2cc(C)ccc2C)C(=S)NC1c1ccc(NC(C)=O)cc1. The molecule has 1 aliphatic heterocycles. The number of hydrogen-bond acceptors (Lipinski definition) is 5. The number of ether oxygens (including phenoxy) is 2. The molecule has 0 saturated heterocycles. The third-order valence-corrected chi connectivity index (χ3v) is 5.70. The maximum absolute atomic E-state index is 13.2. The predicted octanol–water partition coefficient (Wildman–Crippen LogP) is 4.16. The Balaban J connectivity index is 2.06. The molecule has 1 aliphatic rings. The number of nitrogens with one attached hydrogen (secondary N) is 2. The van der Waals surface area contributed by atoms with Crippen LogP contribution in [0.1, 0.15) is 36.6 Å². The molecule has 0 aromatic heterocycles. The van der Waals surface area contributed by atoms with Crippen molar-refractivity contribution in [1.29, 1.82) is 0 Å². The molecule has 0 aliphatic carbocycles. The number of carbonyl (C=O) groups excluding carboxylic acids is 2. The fourth-order valence-electron chi connectivity index (χ4n) is 3.77. The quantitative estimate of drug-likeness (QED) is 0.360. The van der Waals surface area contributed by atoms with Crippen molar-refractivity contribution in [3.05, 3.63) is 70.4 Å². The van der Waals surface area contributed by atoms with Crippen molar-refractivity contribution in [3.8, 4) is 0 Å². The summed E-state index contributed by atoms with van der Waals surface area (Å²) in [5.41, 5.74) is 5.70. The van der Waals surface area contributed by atoms with Gasteiger partial charge in [0.05, 0.1) is 23.9 Å². The zero-order valence-corrected chi connectivity index (χ0v) is 20.3. The molecule has 2 aromatic rings. The molecule has 174 valence electrons. The molecule has 0 radical (unpaired) electrons. The first-order valence-electron chi connectivity index (χ1n) is 10.6. The van der Waals surface area contributed by atoms with Gasteiger partial charge < -0.3 is 20.1 Å². The fraction of sp³-hybridized carbons (Fsp3) is 0.320. The van der Waals surface area contributed by atoms with Crippen molar-refractivity contribution in [1.82, 2.24) is 5.32 Å². The summed E-state index contributed by atoms with van der Waals surface area (Å²) in [7, 11) is 1.56. The summed E-state index contributed by atoms with van der Waals surface area (Å²) in [5.74, 6) is -0.590. The molecule has 1 atom stereocenters. The Labute approximate surface area is 199 Å². The van der Waals surface area contributed by atoms with Crippen LogP contribution in [0.4, 0.5) is 11.4 Å². The minimum absolute atomic E-state index is 0.147. The van der Waals surface area contributed by atoms with E-state index < -0.39 is 12.0 Å². The molecule has 1 heterocycles. The fourth-order valence-corrected chi connectivity index (χ4v) is 4.12. The number of carbonyl (C=O) groups is 2. The smallest absolute Gasteiger partial charge is 0.338 e. The number of methoxy groups -OCH3 is 1. The highest BCUT2D eigenvalue weighted by molar-refractivity contribution is 7.80. The first kappa shape index (κ1) is 24.4. The van der Waals surface area contributed by atoms with Crippen LogP contribution in [0.15, 0.2) is 53.7 Å². The number of esters is 1. The van der Waals surface area contributed by atoms with Crippen molar-refractivity contribution < 1.29 is 19.1 Å². The molecule has 2 aromatic carbocycles. The van der Waals surface area contributed by atoms with Gasteiger partial charge in [-0.25, -0.2) is 4.79 Å². The average molecular weight is 468 g/mol. The largest absolute Gasteiger partial charge is 0.460 e. The molecular weight excluding hydrogens is 438 g/mol. The van der Waals surface area contributed by atoms with Gasteiger partial charge in [-0.3, -0.25) is 9.69 Å². The second-order valence-electron chi connectivity index (χ2n) is 7.94. The van der Waals surface area contributed by atoms with E-state index in [1.165, 1.54) is 6.92 Å². The van der Waals surface area contributed by atoms with Crippen LogP contribution >= 0.6 is 12.2 Å². The van der Waals surface area contributed by atoms with Crippen LogP contribution in [0, 0.1) is 13.8 Å². The topological polar surface area (TPSA) is 79.9 Å². The van der Waals surface area contributed by atoms with Gasteiger partial charge >= 0.3 is 5.97 Å². The van der Waals surface area contributed by atoms with Crippen molar-refractivity contribution >= 4 is 40.6 Å². The van der Waals surface area contributed by atoms with E-state index in [2.05, 4.69) is 10.6 Å². The predicted molar refractivity (Wildman–Crippen MR) is 133 cm³/mol. The summed E-state index contributed by atoms with van der Waals surface area (Å²) in [6.07, 6.45) is 0. The Morgan fingerprint density at radius 1 is 1.09 bits per heavy atom. The van der Waals surface area contributed by atoms with Crippen LogP contribution in [0.3, 0.4) is 0 Å². The van der Waals surface area contributed by atoms with E-state index in [4.69, 9.17) is 21.7 Å². The highest BCUT2D eigenvalue weighted by Crippen LogP contribution is 2.36. The van der Waals surface area contributed by atoms with Gasteiger partial charge in [0.1, 0.15) is 6.61 Å². The van der Waals surface area contributed by atoms with Crippen LogP contribution in [-0.4, -0.2) is 37.3 Å². The normalized spacial score (nSPS) is 15.8. The molecule has 33 heavy (non-hydrogen) atoms. The molecule has 0 bridgehead atoms. The van der Waals surface area contributed by atoms with E-state index >= 15 is 0 Å². The number of allylic oxidation sites excluding steroid dienone is 1. The number of rotatable bonds is 7. The van der Waals surface area contributed by atoms with Crippen LogP contribution < -0.4 is 15.5 Å². The van der Waals surface area contributed by atoms with Gasteiger partial charge in [0.25, 0.3) is 0 Å². The zero-order valence-electron chi connectivity index (χ0n) is 19.5. The van der Waals surface area contributed by atoms with Gasteiger partial charge in [-0.2, -0.15) is 0 Å². The molecular formula is C25H29N3O4S. The minimum atomic E-state index is -0.500. The third-order valence-electron chi connectivity index (χ3n) is 5.40. The first-order chi connectivity index (χ1) is 15.7. The number of thiocarbonyl (C=S) groups is 1. The van der Waals surface area contributed by atoms with Crippen LogP contribution in [-0.2, 0) is 19.1 Å². The van der Waals surface area contributed by atoms with Gasteiger partial charge in [-0.15, -0.1) is 0 Å². The molecule has 0 saturated carbocycles. The number of amides is 1. The van der Waals surface area contributed by atoms with Crippen LogP contribution in [0.25, 0.3) is 0 Å². The lowest BCUT2D eigenvalue weighted by molar-refractivity contribution is -0.140. The lowest BCUT2D eigenvalue weighted by Gasteiger charge is -2.38. The third kappa shape index (κ3) is 5.58. The van der Waals surface area contributed by atoms with Gasteiger partial charge in [-0.1, -0.05) is 24.3 Å². The Hall–Kier alpha value is -3.23. The Kier molecular flexibility index (Phi) is 7.84. The monoisotopic (exact) mass is 467 g/mol. The van der Waals surface area contributed by atoms with Gasteiger partial charge in [0.15, 0.2) is 5.11 Å². The molecule has 2 N–H and O–H groups in total. The summed E-state index contributed by atoms with van der Waals surface area (Å²) in [6.45, 7) is 7.81. The van der Waals surface area contributed by atoms with Crippen molar-refractivity contribution in [3.63, 3.8) is 0 Å². The second kappa shape index (κ2) is 10.6. The minimum Gasteiger partial charge on any atom is -0.460 e. The maximum atomic E-state index is 13.2. The van der Waals surface area contributed by atoms with E-state index in [-0.39, 0.29) is 12.5 Å². The zero-order chi connectivity index (χ0) is 24.1. The van der Waals surface area contributed by atoms with E-state index in [0.29, 0.717) is 28.7 Å². The van der Waals surface area contributed by atoms with Gasteiger partial charge in [-0.05, 0) is 67.9 Å².